The van der Waals surface area contributed by atoms with Gasteiger partial charge < -0.3 is 4.74 Å². The zero-order chi connectivity index (χ0) is 12.6. The first-order valence-electron chi connectivity index (χ1n) is 5.89. The highest BCUT2D eigenvalue weighted by atomic mass is 16.6. The molecule has 0 aromatic carbocycles. The van der Waals surface area contributed by atoms with Crippen LogP contribution in [0.1, 0.15) is 39.3 Å². The van der Waals surface area contributed by atoms with E-state index in [1.165, 1.54) is 6.33 Å². The van der Waals surface area contributed by atoms with Crippen molar-refractivity contribution in [3.8, 4) is 0 Å². The Labute approximate surface area is 101 Å². The van der Waals surface area contributed by atoms with Crippen LogP contribution in [0.2, 0.25) is 0 Å². The van der Waals surface area contributed by atoms with E-state index in [-0.39, 0.29) is 17.8 Å². The lowest BCUT2D eigenvalue weighted by molar-refractivity contribution is -0.156. The summed E-state index contributed by atoms with van der Waals surface area (Å²) >= 11 is 0. The minimum atomic E-state index is -0.421. The summed E-state index contributed by atoms with van der Waals surface area (Å²) < 4.78 is 5.40. The second-order valence-corrected chi connectivity index (χ2v) is 5.58. The fourth-order valence-electron chi connectivity index (χ4n) is 2.15. The molecule has 1 aromatic heterocycles. The molecule has 0 aliphatic heterocycles. The van der Waals surface area contributed by atoms with Gasteiger partial charge in [0.25, 0.3) is 0 Å². The number of carbonyl (C=O) groups is 1. The van der Waals surface area contributed by atoms with Crippen molar-refractivity contribution in [2.45, 2.75) is 39.2 Å². The Morgan fingerprint density at radius 1 is 1.41 bits per heavy atom. The Hall–Kier alpha value is -1.45. The first kappa shape index (κ1) is 12.0. The van der Waals surface area contributed by atoms with E-state index in [4.69, 9.17) is 4.74 Å². The van der Waals surface area contributed by atoms with Crippen molar-refractivity contribution < 1.29 is 9.53 Å². The van der Waals surface area contributed by atoms with Crippen LogP contribution in [-0.4, -0.2) is 21.5 Å². The third kappa shape index (κ3) is 2.62. The quantitative estimate of drug-likeness (QED) is 0.736. The summed E-state index contributed by atoms with van der Waals surface area (Å²) in [6, 6.07) is 1.87. The predicted octanol–water partition coefficient (Wildman–Crippen LogP) is 2.17. The van der Waals surface area contributed by atoms with Crippen LogP contribution in [0.4, 0.5) is 0 Å². The van der Waals surface area contributed by atoms with Crippen LogP contribution in [-0.2, 0) is 9.53 Å². The highest BCUT2D eigenvalue weighted by molar-refractivity contribution is 5.78. The molecule has 1 aliphatic rings. The first-order chi connectivity index (χ1) is 7.90. The van der Waals surface area contributed by atoms with E-state index in [0.29, 0.717) is 5.92 Å². The number of carbonyl (C=O) groups excluding carboxylic acids is 1. The van der Waals surface area contributed by atoms with Crippen LogP contribution < -0.4 is 0 Å². The van der Waals surface area contributed by atoms with Gasteiger partial charge in [-0.2, -0.15) is 0 Å². The van der Waals surface area contributed by atoms with E-state index in [0.717, 1.165) is 5.69 Å². The minimum absolute atomic E-state index is 0.0517. The molecule has 92 valence electrons. The van der Waals surface area contributed by atoms with E-state index < -0.39 is 5.60 Å². The number of hydrogen-bond acceptors (Lipinski definition) is 4. The fraction of sp³-hybridized carbons (Fsp3) is 0.615. The Morgan fingerprint density at radius 3 is 2.65 bits per heavy atom. The summed E-state index contributed by atoms with van der Waals surface area (Å²) in [4.78, 5) is 20.0. The van der Waals surface area contributed by atoms with Gasteiger partial charge in [0, 0.05) is 17.8 Å². The van der Waals surface area contributed by atoms with Crippen LogP contribution in [0.3, 0.4) is 0 Å². The van der Waals surface area contributed by atoms with E-state index in [9.17, 15) is 4.79 Å². The smallest absolute Gasteiger partial charge is 0.310 e. The number of ether oxygens (including phenoxy) is 1. The van der Waals surface area contributed by atoms with Crippen molar-refractivity contribution in [1.29, 1.82) is 0 Å². The van der Waals surface area contributed by atoms with Crippen molar-refractivity contribution in [2.75, 3.05) is 0 Å². The summed E-state index contributed by atoms with van der Waals surface area (Å²) in [5.74, 6) is 0.324. The van der Waals surface area contributed by atoms with Gasteiger partial charge in [0.1, 0.15) is 11.9 Å². The maximum atomic E-state index is 11.9. The fourth-order valence-corrected chi connectivity index (χ4v) is 2.15. The van der Waals surface area contributed by atoms with Gasteiger partial charge in [-0.25, -0.2) is 9.97 Å². The van der Waals surface area contributed by atoms with Gasteiger partial charge in [0.15, 0.2) is 0 Å². The van der Waals surface area contributed by atoms with Crippen LogP contribution >= 0.6 is 0 Å². The number of hydrogen-bond donors (Lipinski definition) is 0. The van der Waals surface area contributed by atoms with E-state index in [1.807, 2.05) is 26.8 Å². The van der Waals surface area contributed by atoms with Gasteiger partial charge in [-0.05, 0) is 32.8 Å². The molecule has 0 saturated heterocycles. The number of nitrogens with zero attached hydrogens (tertiary/aromatic N) is 2. The Kier molecular flexibility index (Phi) is 2.89. The van der Waals surface area contributed by atoms with Crippen molar-refractivity contribution in [3.05, 3.63) is 24.3 Å². The highest BCUT2D eigenvalue weighted by Crippen LogP contribution is 2.53. The molecule has 4 heteroatoms. The lowest BCUT2D eigenvalue weighted by Crippen LogP contribution is -2.25. The first-order valence-corrected chi connectivity index (χ1v) is 5.89. The molecule has 0 amide bonds. The van der Waals surface area contributed by atoms with E-state index >= 15 is 0 Å². The van der Waals surface area contributed by atoms with Crippen molar-refractivity contribution in [1.82, 2.24) is 9.97 Å². The van der Waals surface area contributed by atoms with Crippen LogP contribution in [0.15, 0.2) is 18.6 Å². The number of aromatic nitrogens is 2. The second-order valence-electron chi connectivity index (χ2n) is 5.58. The standard InChI is InChI=1S/C13H18N2O2/c1-8-10(9-5-6-14-7-15-9)11(8)12(16)17-13(2,3)4/h5-8,10-11H,1-4H3. The van der Waals surface area contributed by atoms with Crippen LogP contribution in [0.5, 0.6) is 0 Å². The molecule has 2 rings (SSSR count). The number of esters is 1. The zero-order valence-electron chi connectivity index (χ0n) is 10.7. The number of rotatable bonds is 2. The molecule has 1 heterocycles. The SMILES string of the molecule is CC1C(C(=O)OC(C)(C)C)C1c1ccncn1. The van der Waals surface area contributed by atoms with Crippen molar-refractivity contribution in [3.63, 3.8) is 0 Å². The molecule has 1 aromatic rings. The second kappa shape index (κ2) is 4.09. The Balaban J connectivity index is 2.04. The lowest BCUT2D eigenvalue weighted by atomic mass is 10.2. The van der Waals surface area contributed by atoms with Gasteiger partial charge in [-0.1, -0.05) is 6.92 Å². The van der Waals surface area contributed by atoms with Gasteiger partial charge in [0.2, 0.25) is 0 Å². The summed E-state index contributed by atoms with van der Waals surface area (Å²) in [5, 5.41) is 0. The summed E-state index contributed by atoms with van der Waals surface area (Å²) in [6.07, 6.45) is 3.23. The van der Waals surface area contributed by atoms with Crippen molar-refractivity contribution in [2.24, 2.45) is 11.8 Å². The molecule has 3 atom stereocenters. The molecule has 1 fully saturated rings. The zero-order valence-corrected chi connectivity index (χ0v) is 10.7. The Bertz CT molecular complexity index is 411. The summed E-state index contributed by atoms with van der Waals surface area (Å²) in [6.45, 7) is 7.72. The molecule has 3 unspecified atom stereocenters. The lowest BCUT2D eigenvalue weighted by Gasteiger charge is -2.19. The molecular weight excluding hydrogens is 216 g/mol. The van der Waals surface area contributed by atoms with Gasteiger partial charge in [-0.15, -0.1) is 0 Å². The summed E-state index contributed by atoms with van der Waals surface area (Å²) in [7, 11) is 0. The molecule has 0 bridgehead atoms. The van der Waals surface area contributed by atoms with Gasteiger partial charge in [-0.3, -0.25) is 4.79 Å². The van der Waals surface area contributed by atoms with Gasteiger partial charge >= 0.3 is 5.97 Å². The van der Waals surface area contributed by atoms with Crippen LogP contribution in [0.25, 0.3) is 0 Å². The van der Waals surface area contributed by atoms with Gasteiger partial charge in [0.05, 0.1) is 5.92 Å². The molecule has 1 saturated carbocycles. The summed E-state index contributed by atoms with van der Waals surface area (Å²) in [5.41, 5.74) is 0.513. The average Bonchev–Trinajstić information content (AvgIpc) is 2.89. The maximum Gasteiger partial charge on any atom is 0.310 e. The predicted molar refractivity (Wildman–Crippen MR) is 63.3 cm³/mol. The van der Waals surface area contributed by atoms with E-state index in [2.05, 4.69) is 16.9 Å². The maximum absolute atomic E-state index is 11.9. The molecule has 4 nitrogen and oxygen atoms in total. The van der Waals surface area contributed by atoms with Crippen LogP contribution in [0, 0.1) is 11.8 Å². The minimum Gasteiger partial charge on any atom is -0.460 e. The third-order valence-electron chi connectivity index (χ3n) is 3.00. The molecule has 0 spiro atoms. The highest BCUT2D eigenvalue weighted by Gasteiger charge is 2.54. The molecular formula is C13H18N2O2. The van der Waals surface area contributed by atoms with E-state index in [1.54, 1.807) is 6.20 Å². The topological polar surface area (TPSA) is 52.1 Å². The monoisotopic (exact) mass is 234 g/mol. The normalized spacial score (nSPS) is 27.6. The third-order valence-corrected chi connectivity index (χ3v) is 3.00. The molecule has 0 N–H and O–H groups in total. The van der Waals surface area contributed by atoms with Crippen molar-refractivity contribution >= 4 is 5.97 Å². The largest absolute Gasteiger partial charge is 0.460 e. The molecule has 0 radical (unpaired) electrons. The molecule has 1 aliphatic carbocycles. The Morgan fingerprint density at radius 2 is 2.12 bits per heavy atom. The molecule has 17 heavy (non-hydrogen) atoms. The average molecular weight is 234 g/mol.